The summed E-state index contributed by atoms with van der Waals surface area (Å²) in [4.78, 5) is 14.9. The van der Waals surface area contributed by atoms with Gasteiger partial charge in [-0.2, -0.15) is 0 Å². The van der Waals surface area contributed by atoms with E-state index in [1.54, 1.807) is 6.07 Å². The van der Waals surface area contributed by atoms with E-state index in [1.165, 1.54) is 44.9 Å². The van der Waals surface area contributed by atoms with Crippen LogP contribution in [0.2, 0.25) is 0 Å². The number of likely N-dealkylation sites (tertiary alicyclic amines) is 1. The molecule has 1 atom stereocenters. The molecule has 2 fully saturated rings. The zero-order valence-corrected chi connectivity index (χ0v) is 16.7. The maximum Gasteiger partial charge on any atom is 0.322 e. The fourth-order valence-corrected chi connectivity index (χ4v) is 5.39. The zero-order valence-electron chi connectivity index (χ0n) is 15.9. The molecule has 1 unspecified atom stereocenters. The zero-order chi connectivity index (χ0) is 19.1. The van der Waals surface area contributed by atoms with Crippen molar-refractivity contribution < 1.29 is 17.9 Å². The van der Waals surface area contributed by atoms with Gasteiger partial charge in [0.1, 0.15) is 5.75 Å². The summed E-state index contributed by atoms with van der Waals surface area (Å²) in [5, 5.41) is 2.86. The van der Waals surface area contributed by atoms with Crippen LogP contribution in [0.5, 0.6) is 5.75 Å². The number of carbonyl (C=O) groups is 1. The molecule has 1 saturated carbocycles. The van der Waals surface area contributed by atoms with E-state index in [-0.39, 0.29) is 22.4 Å². The Labute approximate surface area is 155 Å². The van der Waals surface area contributed by atoms with Crippen molar-refractivity contribution in [2.24, 2.45) is 11.3 Å². The Hall–Kier alpha value is -1.76. The van der Waals surface area contributed by atoms with E-state index in [2.05, 4.69) is 19.2 Å². The Morgan fingerprint density at radius 2 is 1.92 bits per heavy atom. The number of urea groups is 1. The van der Waals surface area contributed by atoms with E-state index in [0.717, 1.165) is 12.8 Å². The summed E-state index contributed by atoms with van der Waals surface area (Å²) in [5.41, 5.74) is 0.710. The molecule has 1 spiro atoms. The van der Waals surface area contributed by atoms with E-state index in [4.69, 9.17) is 4.74 Å². The van der Waals surface area contributed by atoms with Gasteiger partial charge in [0.2, 0.25) is 0 Å². The molecule has 2 amide bonds. The third-order valence-electron chi connectivity index (χ3n) is 5.74. The van der Waals surface area contributed by atoms with Crippen LogP contribution in [0.25, 0.3) is 0 Å². The second-order valence-electron chi connectivity index (χ2n) is 7.99. The van der Waals surface area contributed by atoms with Crippen molar-refractivity contribution in [1.82, 2.24) is 4.90 Å². The van der Waals surface area contributed by atoms with Crippen LogP contribution >= 0.6 is 0 Å². The number of anilines is 1. The predicted molar refractivity (Wildman–Crippen MR) is 101 cm³/mol. The lowest BCUT2D eigenvalue weighted by Gasteiger charge is -2.58. The van der Waals surface area contributed by atoms with Crippen molar-refractivity contribution in [3.05, 3.63) is 18.2 Å². The number of sulfone groups is 1. The van der Waals surface area contributed by atoms with Gasteiger partial charge in [0, 0.05) is 36.0 Å². The third kappa shape index (κ3) is 3.41. The normalized spacial score (nSPS) is 21.7. The van der Waals surface area contributed by atoms with Gasteiger partial charge in [-0.05, 0) is 30.9 Å². The van der Waals surface area contributed by atoms with Gasteiger partial charge in [-0.15, -0.1) is 0 Å². The highest BCUT2D eigenvalue weighted by Crippen LogP contribution is 2.53. The Balaban J connectivity index is 1.80. The minimum absolute atomic E-state index is 0.128. The number of ether oxygens (including phenoxy) is 1. The van der Waals surface area contributed by atoms with Gasteiger partial charge >= 0.3 is 6.03 Å². The molecule has 2 aliphatic rings. The molecule has 1 aromatic rings. The number of nitrogens with one attached hydrogen (secondary N) is 1. The van der Waals surface area contributed by atoms with Crippen LogP contribution in [-0.2, 0) is 9.84 Å². The number of hydrogen-bond acceptors (Lipinski definition) is 4. The van der Waals surface area contributed by atoms with Gasteiger partial charge in [0.25, 0.3) is 0 Å². The summed E-state index contributed by atoms with van der Waals surface area (Å²) < 4.78 is 28.9. The monoisotopic (exact) mass is 380 g/mol. The highest BCUT2D eigenvalue weighted by molar-refractivity contribution is 7.90. The van der Waals surface area contributed by atoms with Crippen molar-refractivity contribution in [1.29, 1.82) is 0 Å². The van der Waals surface area contributed by atoms with Gasteiger partial charge in [0.15, 0.2) is 9.84 Å². The molecule has 0 bridgehead atoms. The summed E-state index contributed by atoms with van der Waals surface area (Å²) in [6.45, 7) is 5.11. The van der Waals surface area contributed by atoms with Gasteiger partial charge in [-0.25, -0.2) is 13.2 Å². The van der Waals surface area contributed by atoms with E-state index < -0.39 is 9.84 Å². The van der Waals surface area contributed by atoms with Crippen molar-refractivity contribution in [2.75, 3.05) is 25.2 Å². The van der Waals surface area contributed by atoms with Crippen LogP contribution in [0, 0.1) is 11.3 Å². The number of hydrogen-bond donors (Lipinski definition) is 1. The first-order valence-electron chi connectivity index (χ1n) is 9.13. The number of methoxy groups -OCH3 is 1. The summed E-state index contributed by atoms with van der Waals surface area (Å²) in [6.07, 6.45) is 6.01. The molecule has 6 nitrogen and oxygen atoms in total. The molecular formula is C19H28N2O4S. The Morgan fingerprint density at radius 3 is 2.46 bits per heavy atom. The fraction of sp³-hybridized carbons (Fsp3) is 0.632. The number of nitrogens with zero attached hydrogens (tertiary/aromatic N) is 1. The van der Waals surface area contributed by atoms with E-state index in [1.807, 2.05) is 4.90 Å². The minimum atomic E-state index is -3.39. The first-order chi connectivity index (χ1) is 12.2. The SMILES string of the molecule is COc1cc(NC(=O)N2CC3(CCCC3)C2C(C)C)cc(S(C)(=O)=O)c1. The second kappa shape index (κ2) is 6.76. The van der Waals surface area contributed by atoms with Crippen LogP contribution in [0.4, 0.5) is 10.5 Å². The number of amides is 2. The minimum Gasteiger partial charge on any atom is -0.497 e. The molecule has 1 heterocycles. The Bertz CT molecular complexity index is 798. The summed E-state index contributed by atoms with van der Waals surface area (Å²) >= 11 is 0. The van der Waals surface area contributed by atoms with Crippen LogP contribution in [0.1, 0.15) is 39.5 Å². The fourth-order valence-electron chi connectivity index (χ4n) is 4.72. The molecule has 1 saturated heterocycles. The molecule has 7 heteroatoms. The average molecular weight is 381 g/mol. The first kappa shape index (κ1) is 19.0. The lowest BCUT2D eigenvalue weighted by Crippen LogP contribution is -2.68. The van der Waals surface area contributed by atoms with Crippen molar-refractivity contribution >= 4 is 21.6 Å². The quantitative estimate of drug-likeness (QED) is 0.867. The van der Waals surface area contributed by atoms with Gasteiger partial charge < -0.3 is 15.0 Å². The van der Waals surface area contributed by atoms with Crippen molar-refractivity contribution in [2.45, 2.75) is 50.5 Å². The largest absolute Gasteiger partial charge is 0.497 e. The lowest BCUT2D eigenvalue weighted by atomic mass is 9.66. The van der Waals surface area contributed by atoms with Crippen molar-refractivity contribution in [3.8, 4) is 5.75 Å². The van der Waals surface area contributed by atoms with E-state index in [9.17, 15) is 13.2 Å². The predicted octanol–water partition coefficient (Wildman–Crippen LogP) is 3.53. The lowest BCUT2D eigenvalue weighted by molar-refractivity contribution is -0.0578. The van der Waals surface area contributed by atoms with Gasteiger partial charge in [-0.1, -0.05) is 26.7 Å². The molecule has 1 N–H and O–H groups in total. The second-order valence-corrected chi connectivity index (χ2v) is 10.0. The number of carbonyl (C=O) groups excluding carboxylic acids is 1. The molecule has 144 valence electrons. The van der Waals surface area contributed by atoms with E-state index >= 15 is 0 Å². The summed E-state index contributed by atoms with van der Waals surface area (Å²) in [6, 6.07) is 4.64. The third-order valence-corrected chi connectivity index (χ3v) is 6.83. The maximum atomic E-state index is 12.8. The molecule has 1 aliphatic carbocycles. The van der Waals surface area contributed by atoms with Gasteiger partial charge in [0.05, 0.1) is 12.0 Å². The molecule has 3 rings (SSSR count). The van der Waals surface area contributed by atoms with Gasteiger partial charge in [-0.3, -0.25) is 0 Å². The highest BCUT2D eigenvalue weighted by Gasteiger charge is 2.56. The van der Waals surface area contributed by atoms with Crippen LogP contribution in [0.3, 0.4) is 0 Å². The first-order valence-corrected chi connectivity index (χ1v) is 11.0. The molecule has 0 aromatic heterocycles. The standard InChI is InChI=1S/C19H28N2O4S/c1-13(2)17-19(7-5-6-8-19)12-21(17)18(22)20-14-9-15(25-3)11-16(10-14)26(4,23)24/h9-11,13,17H,5-8,12H2,1-4H3,(H,20,22). The number of benzene rings is 1. The van der Waals surface area contributed by atoms with Crippen LogP contribution < -0.4 is 10.1 Å². The highest BCUT2D eigenvalue weighted by atomic mass is 32.2. The topological polar surface area (TPSA) is 75.7 Å². The molecular weight excluding hydrogens is 352 g/mol. The Kier molecular flexibility index (Phi) is 4.94. The van der Waals surface area contributed by atoms with Crippen LogP contribution in [0.15, 0.2) is 23.1 Å². The van der Waals surface area contributed by atoms with E-state index in [0.29, 0.717) is 17.4 Å². The summed E-state index contributed by atoms with van der Waals surface area (Å²) in [5.74, 6) is 0.795. The smallest absolute Gasteiger partial charge is 0.322 e. The molecule has 26 heavy (non-hydrogen) atoms. The summed E-state index contributed by atoms with van der Waals surface area (Å²) in [7, 11) is -1.92. The average Bonchev–Trinajstić information content (AvgIpc) is 3.02. The molecule has 1 aliphatic heterocycles. The Morgan fingerprint density at radius 1 is 1.27 bits per heavy atom. The van der Waals surface area contributed by atoms with Crippen LogP contribution in [-0.4, -0.2) is 45.3 Å². The maximum absolute atomic E-state index is 12.8. The molecule has 0 radical (unpaired) electrons. The molecule has 1 aromatic carbocycles. The van der Waals surface area contributed by atoms with Crippen molar-refractivity contribution in [3.63, 3.8) is 0 Å². The number of rotatable bonds is 4.